The zero-order chi connectivity index (χ0) is 0. The topological polar surface area (TPSA) is 189 Å². The summed E-state index contributed by atoms with van der Waals surface area (Å²) in [6.45, 7) is 0. The molecule has 0 aliphatic heterocycles. The SMILES string of the molecule is Cl.O.O.O.O.O.O.[Lu]. The Bertz CT molecular complexity index is 8.49. The van der Waals surface area contributed by atoms with Gasteiger partial charge in [0, 0.05) is 36.9 Å². The van der Waals surface area contributed by atoms with E-state index >= 15 is 0 Å². The molecular formula is H13ClLuO6. The van der Waals surface area contributed by atoms with Crippen molar-refractivity contribution >= 4 is 12.4 Å². The molecule has 8 heteroatoms. The van der Waals surface area contributed by atoms with Gasteiger partial charge in [-0.1, -0.05) is 0 Å². The molecule has 0 aliphatic rings. The molecule has 0 saturated carbocycles. The molecule has 0 aromatic heterocycles. The molecule has 0 unspecified atom stereocenters. The standard InChI is InChI=1S/ClH.Lu.6H2O/h1H;;6*1H2. The molecule has 0 aromatic carbocycles. The molecule has 0 rings (SSSR count). The predicted molar refractivity (Wildman–Crippen MR) is 28.9 cm³/mol. The first-order valence-corrected chi connectivity index (χ1v) is 0. The van der Waals surface area contributed by atoms with Gasteiger partial charge in [0.25, 0.3) is 0 Å². The first-order chi connectivity index (χ1) is 0. The van der Waals surface area contributed by atoms with E-state index in [1.54, 1.807) is 0 Å². The maximum Gasteiger partial charge on any atom is 0 e. The Morgan fingerprint density at radius 2 is 0.375 bits per heavy atom. The van der Waals surface area contributed by atoms with Crippen molar-refractivity contribution in [3.63, 3.8) is 0 Å². The van der Waals surface area contributed by atoms with Gasteiger partial charge in [-0.3, -0.25) is 0 Å². The van der Waals surface area contributed by atoms with Crippen molar-refractivity contribution in [2.45, 2.75) is 0 Å². The molecule has 0 saturated heterocycles. The normalized spacial score (nSPS) is 0. The summed E-state index contributed by atoms with van der Waals surface area (Å²) in [6.07, 6.45) is 0. The molecule has 0 heterocycles. The third-order valence-corrected chi connectivity index (χ3v) is 0. The Labute approximate surface area is 81.7 Å². The van der Waals surface area contributed by atoms with E-state index in [2.05, 4.69) is 0 Å². The molecule has 0 spiro atoms. The molecule has 0 bridgehead atoms. The fourth-order valence-corrected chi connectivity index (χ4v) is 0. The second-order valence-corrected chi connectivity index (χ2v) is 0. The second kappa shape index (κ2) is 267. The van der Waals surface area contributed by atoms with Crippen molar-refractivity contribution in [3.05, 3.63) is 0 Å². The van der Waals surface area contributed by atoms with Crippen molar-refractivity contribution in [2.24, 2.45) is 0 Å². The summed E-state index contributed by atoms with van der Waals surface area (Å²) < 4.78 is 0. The molecule has 0 fully saturated rings. The van der Waals surface area contributed by atoms with Gasteiger partial charge in [-0.05, 0) is 0 Å². The fourth-order valence-electron chi connectivity index (χ4n) is 0. The van der Waals surface area contributed by atoms with Gasteiger partial charge >= 0.3 is 0 Å². The van der Waals surface area contributed by atoms with Crippen LogP contribution in [0.25, 0.3) is 0 Å². The summed E-state index contributed by atoms with van der Waals surface area (Å²) in [4.78, 5) is 0. The summed E-state index contributed by atoms with van der Waals surface area (Å²) in [5.41, 5.74) is 0. The van der Waals surface area contributed by atoms with Crippen LogP contribution in [0.1, 0.15) is 0 Å². The quantitative estimate of drug-likeness (QED) is 0.416. The minimum atomic E-state index is 0. The van der Waals surface area contributed by atoms with Gasteiger partial charge in [-0.25, -0.2) is 0 Å². The average molecular weight is 320 g/mol. The van der Waals surface area contributed by atoms with Crippen molar-refractivity contribution in [2.75, 3.05) is 0 Å². The van der Waals surface area contributed by atoms with Crippen LogP contribution in [0.4, 0.5) is 0 Å². The second-order valence-electron chi connectivity index (χ2n) is 0. The monoisotopic (exact) mass is 319 g/mol. The van der Waals surface area contributed by atoms with Gasteiger partial charge < -0.3 is 32.9 Å². The molecule has 0 aromatic rings. The molecule has 0 atom stereocenters. The van der Waals surface area contributed by atoms with Crippen LogP contribution in [0.15, 0.2) is 0 Å². The molecule has 0 amide bonds. The fraction of sp³-hybridized carbons (Fsp3) is 0. The van der Waals surface area contributed by atoms with E-state index in [0.29, 0.717) is 0 Å². The third-order valence-electron chi connectivity index (χ3n) is 0. The number of hydrogen-bond acceptors (Lipinski definition) is 0. The molecule has 8 heavy (non-hydrogen) atoms. The van der Waals surface area contributed by atoms with Crippen LogP contribution in [-0.2, 0) is 0 Å². The maximum atomic E-state index is 0. The van der Waals surface area contributed by atoms with Crippen molar-refractivity contribution in [1.29, 1.82) is 0 Å². The zero-order valence-electron chi connectivity index (χ0n) is 3.67. The Hall–Kier alpha value is 1.28. The summed E-state index contributed by atoms with van der Waals surface area (Å²) in [7, 11) is 0. The van der Waals surface area contributed by atoms with Gasteiger partial charge in [0.2, 0.25) is 0 Å². The Morgan fingerprint density at radius 1 is 0.375 bits per heavy atom. The minimum Gasteiger partial charge on any atom is -0.412 e. The van der Waals surface area contributed by atoms with E-state index in [9.17, 15) is 0 Å². The summed E-state index contributed by atoms with van der Waals surface area (Å²) in [5, 5.41) is 0. The minimum absolute atomic E-state index is 0. The first-order valence-electron chi connectivity index (χ1n) is 0. The molecule has 71 valence electrons. The van der Waals surface area contributed by atoms with Crippen molar-refractivity contribution < 1.29 is 69.7 Å². The van der Waals surface area contributed by atoms with Gasteiger partial charge in [0.15, 0.2) is 0 Å². The van der Waals surface area contributed by atoms with Crippen molar-refractivity contribution in [3.8, 4) is 0 Å². The van der Waals surface area contributed by atoms with E-state index in [-0.39, 0.29) is 82.1 Å². The predicted octanol–water partition coefficient (Wildman–Crippen LogP) is -4.53. The smallest absolute Gasteiger partial charge is 0 e. The Kier molecular flexibility index (Phi) is 12900. The van der Waals surface area contributed by atoms with Crippen LogP contribution >= 0.6 is 12.4 Å². The summed E-state index contributed by atoms with van der Waals surface area (Å²) in [5.74, 6) is 0. The van der Waals surface area contributed by atoms with Crippen LogP contribution in [0.3, 0.4) is 0 Å². The van der Waals surface area contributed by atoms with Crippen LogP contribution in [0.5, 0.6) is 0 Å². The van der Waals surface area contributed by atoms with Gasteiger partial charge in [-0.15, -0.1) is 12.4 Å². The number of hydrogen-bond donors (Lipinski definition) is 0. The third kappa shape index (κ3) is 175. The summed E-state index contributed by atoms with van der Waals surface area (Å²) >= 11 is 0. The van der Waals surface area contributed by atoms with E-state index < -0.39 is 0 Å². The Morgan fingerprint density at radius 3 is 0.375 bits per heavy atom. The van der Waals surface area contributed by atoms with Crippen molar-refractivity contribution in [1.82, 2.24) is 0 Å². The van der Waals surface area contributed by atoms with Crippen LogP contribution < -0.4 is 0 Å². The zero-order valence-corrected chi connectivity index (χ0v) is 6.14. The molecular weight excluding hydrogens is 306 g/mol. The Balaban J connectivity index is 0. The van der Waals surface area contributed by atoms with Gasteiger partial charge in [0.1, 0.15) is 0 Å². The van der Waals surface area contributed by atoms with Crippen LogP contribution in [0, 0.1) is 36.9 Å². The van der Waals surface area contributed by atoms with E-state index in [1.807, 2.05) is 0 Å². The summed E-state index contributed by atoms with van der Waals surface area (Å²) in [6, 6.07) is 0. The molecule has 6 nitrogen and oxygen atoms in total. The molecule has 0 aliphatic carbocycles. The van der Waals surface area contributed by atoms with Crippen LogP contribution in [-0.4, -0.2) is 32.9 Å². The number of halogens is 1. The maximum absolute atomic E-state index is 0. The number of rotatable bonds is 0. The molecule has 12 N–H and O–H groups in total. The van der Waals surface area contributed by atoms with Gasteiger partial charge in [-0.2, -0.15) is 0 Å². The van der Waals surface area contributed by atoms with E-state index in [0.717, 1.165) is 0 Å². The van der Waals surface area contributed by atoms with Crippen LogP contribution in [0.2, 0.25) is 0 Å². The van der Waals surface area contributed by atoms with E-state index in [4.69, 9.17) is 0 Å². The first kappa shape index (κ1) is 387. The van der Waals surface area contributed by atoms with E-state index in [1.165, 1.54) is 0 Å². The molecule has 1 radical (unpaired) electrons. The largest absolute Gasteiger partial charge is 0.412 e. The average Bonchev–Trinajstić information content (AvgIpc) is 0. The van der Waals surface area contributed by atoms with Gasteiger partial charge in [0.05, 0.1) is 0 Å².